The van der Waals surface area contributed by atoms with Crippen LogP contribution < -0.4 is 5.32 Å². The van der Waals surface area contributed by atoms with Crippen molar-refractivity contribution >= 4 is 11.4 Å². The van der Waals surface area contributed by atoms with Crippen LogP contribution in [0.5, 0.6) is 0 Å². The summed E-state index contributed by atoms with van der Waals surface area (Å²) in [4.78, 5) is 9.69. The SMILES string of the molecule is CCC(COC)Nc1ccc([N+](=O)[O-])c(F)c1. The monoisotopic (exact) mass is 242 g/mol. The number of nitro groups is 1. The number of ether oxygens (including phenoxy) is 1. The summed E-state index contributed by atoms with van der Waals surface area (Å²) in [5.41, 5.74) is -0.00709. The van der Waals surface area contributed by atoms with Crippen LogP contribution in [0, 0.1) is 15.9 Å². The van der Waals surface area contributed by atoms with E-state index in [0.29, 0.717) is 12.3 Å². The number of rotatable bonds is 6. The molecule has 0 fully saturated rings. The van der Waals surface area contributed by atoms with Gasteiger partial charge in [0.2, 0.25) is 5.82 Å². The minimum Gasteiger partial charge on any atom is -0.383 e. The van der Waals surface area contributed by atoms with Gasteiger partial charge >= 0.3 is 5.69 Å². The lowest BCUT2D eigenvalue weighted by molar-refractivity contribution is -0.387. The van der Waals surface area contributed by atoms with E-state index >= 15 is 0 Å². The van der Waals surface area contributed by atoms with Gasteiger partial charge in [0.1, 0.15) is 0 Å². The topological polar surface area (TPSA) is 64.4 Å². The molecule has 0 amide bonds. The molecule has 17 heavy (non-hydrogen) atoms. The van der Waals surface area contributed by atoms with Crippen molar-refractivity contribution in [1.82, 2.24) is 0 Å². The van der Waals surface area contributed by atoms with Crippen molar-refractivity contribution in [3.05, 3.63) is 34.1 Å². The summed E-state index contributed by atoms with van der Waals surface area (Å²) >= 11 is 0. The Hall–Kier alpha value is -1.69. The van der Waals surface area contributed by atoms with Gasteiger partial charge in [-0.1, -0.05) is 6.92 Å². The highest BCUT2D eigenvalue weighted by atomic mass is 19.1. The van der Waals surface area contributed by atoms with Crippen molar-refractivity contribution in [2.45, 2.75) is 19.4 Å². The molecular weight excluding hydrogens is 227 g/mol. The third-order valence-electron chi connectivity index (χ3n) is 2.38. The normalized spacial score (nSPS) is 12.2. The summed E-state index contributed by atoms with van der Waals surface area (Å²) in [6.45, 7) is 2.47. The van der Waals surface area contributed by atoms with Crippen LogP contribution in [0.4, 0.5) is 15.8 Å². The van der Waals surface area contributed by atoms with Gasteiger partial charge in [0.15, 0.2) is 0 Å². The van der Waals surface area contributed by atoms with E-state index in [2.05, 4.69) is 5.32 Å². The quantitative estimate of drug-likeness (QED) is 0.615. The molecule has 0 aliphatic carbocycles. The summed E-state index contributed by atoms with van der Waals surface area (Å²) in [6.07, 6.45) is 0.812. The predicted molar refractivity (Wildman–Crippen MR) is 62.6 cm³/mol. The number of hydrogen-bond donors (Lipinski definition) is 1. The van der Waals surface area contributed by atoms with Crippen LogP contribution in [0.1, 0.15) is 13.3 Å². The van der Waals surface area contributed by atoms with Gasteiger partial charge in [0.25, 0.3) is 0 Å². The van der Waals surface area contributed by atoms with Crippen LogP contribution in [-0.2, 0) is 4.74 Å². The van der Waals surface area contributed by atoms with Crippen molar-refractivity contribution in [3.63, 3.8) is 0 Å². The summed E-state index contributed by atoms with van der Waals surface area (Å²) in [7, 11) is 1.58. The van der Waals surface area contributed by atoms with Crippen molar-refractivity contribution in [3.8, 4) is 0 Å². The summed E-state index contributed by atoms with van der Waals surface area (Å²) in [6, 6.07) is 3.81. The molecule has 1 unspecified atom stereocenters. The van der Waals surface area contributed by atoms with Gasteiger partial charge in [-0.15, -0.1) is 0 Å². The van der Waals surface area contributed by atoms with E-state index in [4.69, 9.17) is 4.74 Å². The zero-order valence-electron chi connectivity index (χ0n) is 9.77. The fourth-order valence-electron chi connectivity index (χ4n) is 1.44. The molecule has 1 N–H and O–H groups in total. The maximum atomic E-state index is 13.3. The molecule has 0 saturated heterocycles. The lowest BCUT2D eigenvalue weighted by atomic mass is 10.2. The molecule has 1 rings (SSSR count). The number of halogens is 1. The molecule has 0 spiro atoms. The first-order chi connectivity index (χ1) is 8.08. The van der Waals surface area contributed by atoms with Crippen molar-refractivity contribution in [2.75, 3.05) is 19.0 Å². The molecule has 94 valence electrons. The molecular formula is C11H15FN2O3. The Bertz CT molecular complexity index is 398. The van der Waals surface area contributed by atoms with E-state index in [0.717, 1.165) is 18.6 Å². The molecule has 0 aliphatic heterocycles. The average Bonchev–Trinajstić information content (AvgIpc) is 2.28. The Labute approximate surface area is 98.7 Å². The van der Waals surface area contributed by atoms with Gasteiger partial charge in [-0.05, 0) is 12.5 Å². The van der Waals surface area contributed by atoms with E-state index < -0.39 is 16.4 Å². The molecule has 1 atom stereocenters. The van der Waals surface area contributed by atoms with Crippen LogP contribution in [0.2, 0.25) is 0 Å². The Balaban J connectivity index is 2.79. The average molecular weight is 242 g/mol. The van der Waals surface area contributed by atoms with Gasteiger partial charge < -0.3 is 10.1 Å². The molecule has 0 heterocycles. The smallest absolute Gasteiger partial charge is 0.304 e. The predicted octanol–water partition coefficient (Wildman–Crippen LogP) is 2.57. The Morgan fingerprint density at radius 1 is 1.59 bits per heavy atom. The van der Waals surface area contributed by atoms with E-state index in [-0.39, 0.29) is 6.04 Å². The first-order valence-corrected chi connectivity index (χ1v) is 5.27. The van der Waals surface area contributed by atoms with Crippen molar-refractivity contribution < 1.29 is 14.1 Å². The number of methoxy groups -OCH3 is 1. The molecule has 0 aromatic heterocycles. The minimum absolute atomic E-state index is 0.0563. The van der Waals surface area contributed by atoms with Crippen molar-refractivity contribution in [1.29, 1.82) is 0 Å². The van der Waals surface area contributed by atoms with Gasteiger partial charge in [0.05, 0.1) is 11.5 Å². The molecule has 0 radical (unpaired) electrons. The Morgan fingerprint density at radius 2 is 2.29 bits per heavy atom. The molecule has 0 saturated carbocycles. The van der Waals surface area contributed by atoms with Gasteiger partial charge in [-0.25, -0.2) is 0 Å². The molecule has 1 aromatic carbocycles. The van der Waals surface area contributed by atoms with Crippen LogP contribution in [0.25, 0.3) is 0 Å². The lowest BCUT2D eigenvalue weighted by Crippen LogP contribution is -2.23. The zero-order valence-corrected chi connectivity index (χ0v) is 9.77. The van der Waals surface area contributed by atoms with E-state index in [1.54, 1.807) is 7.11 Å². The highest BCUT2D eigenvalue weighted by Crippen LogP contribution is 2.21. The number of nitro benzene ring substituents is 1. The lowest BCUT2D eigenvalue weighted by Gasteiger charge is -2.17. The number of benzene rings is 1. The van der Waals surface area contributed by atoms with Crippen LogP contribution in [0.15, 0.2) is 18.2 Å². The number of nitrogens with zero attached hydrogens (tertiary/aromatic N) is 1. The van der Waals surface area contributed by atoms with E-state index in [9.17, 15) is 14.5 Å². The molecule has 1 aromatic rings. The highest BCUT2D eigenvalue weighted by Gasteiger charge is 2.14. The standard InChI is InChI=1S/C11H15FN2O3/c1-3-8(7-17-2)13-9-4-5-11(14(15)16)10(12)6-9/h4-6,8,13H,3,7H2,1-2H3. The second-order valence-corrected chi connectivity index (χ2v) is 3.63. The Morgan fingerprint density at radius 3 is 2.76 bits per heavy atom. The summed E-state index contributed by atoms with van der Waals surface area (Å²) in [5.74, 6) is -0.840. The van der Waals surface area contributed by atoms with Crippen LogP contribution in [0.3, 0.4) is 0 Å². The molecule has 5 nitrogen and oxygen atoms in total. The number of nitrogens with one attached hydrogen (secondary N) is 1. The highest BCUT2D eigenvalue weighted by molar-refractivity contribution is 5.50. The fourth-order valence-corrected chi connectivity index (χ4v) is 1.44. The second-order valence-electron chi connectivity index (χ2n) is 3.63. The second kappa shape index (κ2) is 6.15. The maximum absolute atomic E-state index is 13.3. The molecule has 6 heteroatoms. The first kappa shape index (κ1) is 13.4. The maximum Gasteiger partial charge on any atom is 0.304 e. The fraction of sp³-hybridized carbons (Fsp3) is 0.455. The summed E-state index contributed by atoms with van der Waals surface area (Å²) in [5, 5.41) is 13.5. The van der Waals surface area contributed by atoms with E-state index in [1.807, 2.05) is 6.92 Å². The molecule has 0 aliphatic rings. The van der Waals surface area contributed by atoms with Gasteiger partial charge in [0, 0.05) is 31.0 Å². The number of anilines is 1. The zero-order chi connectivity index (χ0) is 12.8. The van der Waals surface area contributed by atoms with Crippen molar-refractivity contribution in [2.24, 2.45) is 0 Å². The van der Waals surface area contributed by atoms with Crippen LogP contribution in [-0.4, -0.2) is 24.7 Å². The van der Waals surface area contributed by atoms with Gasteiger partial charge in [-0.3, -0.25) is 10.1 Å². The Kier molecular flexibility index (Phi) is 4.84. The molecule has 0 bridgehead atoms. The first-order valence-electron chi connectivity index (χ1n) is 5.27. The summed E-state index contributed by atoms with van der Waals surface area (Å²) < 4.78 is 18.3. The largest absolute Gasteiger partial charge is 0.383 e. The van der Waals surface area contributed by atoms with Gasteiger partial charge in [-0.2, -0.15) is 4.39 Å². The van der Waals surface area contributed by atoms with Crippen LogP contribution >= 0.6 is 0 Å². The third kappa shape index (κ3) is 3.67. The third-order valence-corrected chi connectivity index (χ3v) is 2.38. The minimum atomic E-state index is -0.840. The van der Waals surface area contributed by atoms with E-state index in [1.165, 1.54) is 6.07 Å². The number of hydrogen-bond acceptors (Lipinski definition) is 4.